The molecule has 0 spiro atoms. The first-order valence-corrected chi connectivity index (χ1v) is 6.10. The van der Waals surface area contributed by atoms with E-state index in [1.807, 2.05) is 20.8 Å². The molecule has 7 heteroatoms. The highest BCUT2D eigenvalue weighted by Gasteiger charge is 2.22. The molecule has 1 atom stereocenters. The van der Waals surface area contributed by atoms with Crippen LogP contribution in [0, 0.1) is 5.41 Å². The Morgan fingerprint density at radius 2 is 2.11 bits per heavy atom. The molecule has 1 heterocycles. The van der Waals surface area contributed by atoms with Crippen LogP contribution in [-0.2, 0) is 16.1 Å². The van der Waals surface area contributed by atoms with E-state index >= 15 is 0 Å². The Labute approximate surface area is 112 Å². The van der Waals surface area contributed by atoms with Crippen molar-refractivity contribution in [2.24, 2.45) is 5.41 Å². The zero-order valence-corrected chi connectivity index (χ0v) is 11.5. The van der Waals surface area contributed by atoms with Gasteiger partial charge in [0.05, 0.1) is 6.42 Å². The minimum absolute atomic E-state index is 0.0419. The molecule has 0 aromatic carbocycles. The number of hydrogen-bond donors (Lipinski definition) is 2. The van der Waals surface area contributed by atoms with Gasteiger partial charge >= 0.3 is 5.97 Å². The van der Waals surface area contributed by atoms with Gasteiger partial charge in [0.15, 0.2) is 0 Å². The summed E-state index contributed by atoms with van der Waals surface area (Å²) in [7, 11) is 0. The molecule has 106 valence electrons. The SMILES string of the molecule is CC(C)(C)CC(CC(=O)O)NC(=O)Cn1cncn1. The van der Waals surface area contributed by atoms with E-state index in [-0.39, 0.29) is 30.3 Å². The van der Waals surface area contributed by atoms with Crippen LogP contribution in [0.4, 0.5) is 0 Å². The molecule has 1 unspecified atom stereocenters. The molecule has 7 nitrogen and oxygen atoms in total. The van der Waals surface area contributed by atoms with Gasteiger partial charge in [-0.05, 0) is 11.8 Å². The number of aliphatic carboxylic acids is 1. The highest BCUT2D eigenvalue weighted by atomic mass is 16.4. The lowest BCUT2D eigenvalue weighted by molar-refractivity contribution is -0.137. The molecular weight excluding hydrogens is 248 g/mol. The zero-order valence-electron chi connectivity index (χ0n) is 11.5. The maximum atomic E-state index is 11.8. The second kappa shape index (κ2) is 6.31. The summed E-state index contributed by atoms with van der Waals surface area (Å²) >= 11 is 0. The van der Waals surface area contributed by atoms with Gasteiger partial charge in [0.25, 0.3) is 0 Å². The average molecular weight is 268 g/mol. The van der Waals surface area contributed by atoms with Crippen LogP contribution in [0.3, 0.4) is 0 Å². The fourth-order valence-corrected chi connectivity index (χ4v) is 1.86. The maximum Gasteiger partial charge on any atom is 0.305 e. The van der Waals surface area contributed by atoms with Crippen molar-refractivity contribution in [3.63, 3.8) is 0 Å². The monoisotopic (exact) mass is 268 g/mol. The molecule has 0 radical (unpaired) electrons. The van der Waals surface area contributed by atoms with Gasteiger partial charge in [-0.2, -0.15) is 5.10 Å². The zero-order chi connectivity index (χ0) is 14.5. The third-order valence-corrected chi connectivity index (χ3v) is 2.42. The van der Waals surface area contributed by atoms with E-state index in [2.05, 4.69) is 15.4 Å². The average Bonchev–Trinajstić information content (AvgIpc) is 2.65. The molecule has 1 aromatic heterocycles. The van der Waals surface area contributed by atoms with E-state index in [1.54, 1.807) is 0 Å². The highest BCUT2D eigenvalue weighted by Crippen LogP contribution is 2.22. The predicted octanol–water partition coefficient (Wildman–Crippen LogP) is 0.674. The van der Waals surface area contributed by atoms with Crippen LogP contribution in [0.1, 0.15) is 33.6 Å². The summed E-state index contributed by atoms with van der Waals surface area (Å²) in [5.74, 6) is -1.18. The topological polar surface area (TPSA) is 97.1 Å². The molecule has 0 aliphatic rings. The van der Waals surface area contributed by atoms with E-state index < -0.39 is 5.97 Å². The first-order chi connectivity index (χ1) is 8.76. The fraction of sp³-hybridized carbons (Fsp3) is 0.667. The van der Waals surface area contributed by atoms with E-state index in [0.717, 1.165) is 0 Å². The quantitative estimate of drug-likeness (QED) is 0.790. The number of nitrogens with one attached hydrogen (secondary N) is 1. The summed E-state index contributed by atoms with van der Waals surface area (Å²) in [6.45, 7) is 6.06. The van der Waals surface area contributed by atoms with Crippen molar-refractivity contribution in [3.8, 4) is 0 Å². The van der Waals surface area contributed by atoms with Crippen LogP contribution >= 0.6 is 0 Å². The standard InChI is InChI=1S/C12H20N4O3/c1-12(2,3)5-9(4-11(18)19)15-10(17)6-16-8-13-7-14-16/h7-9H,4-6H2,1-3H3,(H,15,17)(H,18,19). The predicted molar refractivity (Wildman–Crippen MR) is 68.3 cm³/mol. The molecule has 2 N–H and O–H groups in total. The van der Waals surface area contributed by atoms with Crippen LogP contribution in [0.25, 0.3) is 0 Å². The number of carbonyl (C=O) groups is 2. The first kappa shape index (κ1) is 15.1. The van der Waals surface area contributed by atoms with Crippen LogP contribution in [0.15, 0.2) is 12.7 Å². The van der Waals surface area contributed by atoms with E-state index in [4.69, 9.17) is 5.11 Å². The maximum absolute atomic E-state index is 11.8. The summed E-state index contributed by atoms with van der Waals surface area (Å²) in [5.41, 5.74) is -0.0549. The Kier molecular flexibility index (Phi) is 5.02. The third-order valence-electron chi connectivity index (χ3n) is 2.42. The van der Waals surface area contributed by atoms with Crippen LogP contribution < -0.4 is 5.32 Å². The van der Waals surface area contributed by atoms with Gasteiger partial charge in [0.2, 0.25) is 5.91 Å². The van der Waals surface area contributed by atoms with Gasteiger partial charge in [0, 0.05) is 6.04 Å². The highest BCUT2D eigenvalue weighted by molar-refractivity contribution is 5.77. The van der Waals surface area contributed by atoms with Crippen molar-refractivity contribution >= 4 is 11.9 Å². The van der Waals surface area contributed by atoms with Gasteiger partial charge in [0.1, 0.15) is 19.2 Å². The molecule has 0 fully saturated rings. The van der Waals surface area contributed by atoms with Gasteiger partial charge in [-0.1, -0.05) is 20.8 Å². The molecular formula is C12H20N4O3. The lowest BCUT2D eigenvalue weighted by Crippen LogP contribution is -2.40. The van der Waals surface area contributed by atoms with Crippen molar-refractivity contribution in [3.05, 3.63) is 12.7 Å². The molecule has 0 aliphatic heterocycles. The van der Waals surface area contributed by atoms with Gasteiger partial charge < -0.3 is 10.4 Å². The number of hydrogen-bond acceptors (Lipinski definition) is 4. The first-order valence-electron chi connectivity index (χ1n) is 6.10. The number of carboxylic acids is 1. The molecule has 1 amide bonds. The number of carboxylic acid groups (broad SMARTS) is 1. The van der Waals surface area contributed by atoms with Crippen LogP contribution in [0.2, 0.25) is 0 Å². The molecule has 0 saturated heterocycles. The number of rotatable bonds is 6. The van der Waals surface area contributed by atoms with Gasteiger partial charge in [-0.3, -0.25) is 9.59 Å². The summed E-state index contributed by atoms with van der Waals surface area (Å²) in [6, 6.07) is -0.381. The summed E-state index contributed by atoms with van der Waals surface area (Å²) in [6.07, 6.45) is 3.30. The van der Waals surface area contributed by atoms with E-state index in [1.165, 1.54) is 17.3 Å². The van der Waals surface area contributed by atoms with Crippen molar-refractivity contribution in [1.29, 1.82) is 0 Å². The Bertz CT molecular complexity index is 423. The lowest BCUT2D eigenvalue weighted by Gasteiger charge is -2.25. The lowest BCUT2D eigenvalue weighted by atomic mass is 9.87. The van der Waals surface area contributed by atoms with E-state index in [0.29, 0.717) is 6.42 Å². The van der Waals surface area contributed by atoms with Gasteiger partial charge in [-0.15, -0.1) is 0 Å². The number of aromatic nitrogens is 3. The Morgan fingerprint density at radius 1 is 1.42 bits per heavy atom. The summed E-state index contributed by atoms with van der Waals surface area (Å²) in [5, 5.41) is 15.4. The molecule has 19 heavy (non-hydrogen) atoms. The number of nitrogens with zero attached hydrogens (tertiary/aromatic N) is 3. The van der Waals surface area contributed by atoms with Crippen LogP contribution in [0.5, 0.6) is 0 Å². The summed E-state index contributed by atoms with van der Waals surface area (Å²) < 4.78 is 1.39. The molecule has 0 bridgehead atoms. The smallest absolute Gasteiger partial charge is 0.305 e. The van der Waals surface area contributed by atoms with Crippen molar-refractivity contribution in [1.82, 2.24) is 20.1 Å². The van der Waals surface area contributed by atoms with Crippen molar-refractivity contribution in [2.75, 3.05) is 0 Å². The largest absolute Gasteiger partial charge is 0.481 e. The molecule has 0 saturated carbocycles. The second-order valence-corrected chi connectivity index (χ2v) is 5.72. The Balaban J connectivity index is 2.55. The molecule has 1 rings (SSSR count). The normalized spacial score (nSPS) is 13.0. The van der Waals surface area contributed by atoms with Crippen molar-refractivity contribution < 1.29 is 14.7 Å². The third kappa shape index (κ3) is 6.54. The molecule has 1 aromatic rings. The number of amides is 1. The Hall–Kier alpha value is -1.92. The van der Waals surface area contributed by atoms with E-state index in [9.17, 15) is 9.59 Å². The minimum atomic E-state index is -0.921. The minimum Gasteiger partial charge on any atom is -0.481 e. The fourth-order valence-electron chi connectivity index (χ4n) is 1.86. The molecule has 0 aliphatic carbocycles. The van der Waals surface area contributed by atoms with Crippen molar-refractivity contribution in [2.45, 2.75) is 46.2 Å². The summed E-state index contributed by atoms with van der Waals surface area (Å²) in [4.78, 5) is 26.4. The Morgan fingerprint density at radius 3 is 2.58 bits per heavy atom. The van der Waals surface area contributed by atoms with Gasteiger partial charge in [-0.25, -0.2) is 9.67 Å². The second-order valence-electron chi connectivity index (χ2n) is 5.72. The number of carbonyl (C=O) groups excluding carboxylic acids is 1. The van der Waals surface area contributed by atoms with Crippen LogP contribution in [-0.4, -0.2) is 37.8 Å².